The van der Waals surface area contributed by atoms with Crippen LogP contribution in [0, 0.1) is 0 Å². The van der Waals surface area contributed by atoms with E-state index in [-0.39, 0.29) is 0 Å². The van der Waals surface area contributed by atoms with Crippen molar-refractivity contribution in [3.05, 3.63) is 10.4 Å². The zero-order valence-electron chi connectivity index (χ0n) is 9.09. The summed E-state index contributed by atoms with van der Waals surface area (Å²) >= 11 is 0. The van der Waals surface area contributed by atoms with Gasteiger partial charge in [-0.1, -0.05) is 5.11 Å². The maximum absolute atomic E-state index is 10.9. The number of carbonyl (C=O) groups is 1. The molecule has 1 amide bonds. The summed E-state index contributed by atoms with van der Waals surface area (Å²) in [5.74, 6) is -0.457. The standard InChI is InChI=1S/C8H14N4O5/c1-3(14)10-8-7(16)5(11-12-9)6(15)4(2-13)17-8/h4-8,13,15-16H,2H2,1H3,(H,10,14)/t4-,5+,6-,7-,8-/m1/s1. The number of nitrogens with one attached hydrogen (secondary N) is 1. The largest absolute Gasteiger partial charge is 0.394 e. The van der Waals surface area contributed by atoms with E-state index in [1.807, 2.05) is 0 Å². The first-order valence-corrected chi connectivity index (χ1v) is 4.95. The molecule has 4 N–H and O–H groups in total. The van der Waals surface area contributed by atoms with Gasteiger partial charge in [0.25, 0.3) is 0 Å². The van der Waals surface area contributed by atoms with Gasteiger partial charge in [0.05, 0.1) is 18.8 Å². The molecule has 1 aliphatic rings. The first kappa shape index (κ1) is 13.7. The molecule has 96 valence electrons. The molecule has 5 atom stereocenters. The van der Waals surface area contributed by atoms with Crippen molar-refractivity contribution in [1.82, 2.24) is 5.32 Å². The van der Waals surface area contributed by atoms with Gasteiger partial charge in [-0.3, -0.25) is 4.79 Å². The number of nitrogens with zero attached hydrogens (tertiary/aromatic N) is 3. The van der Waals surface area contributed by atoms with E-state index in [0.717, 1.165) is 0 Å². The molecule has 0 saturated carbocycles. The third-order valence-electron chi connectivity index (χ3n) is 2.42. The SMILES string of the molecule is CC(=O)N[C@@H]1O[C@H](CO)[C@@H](O)[C@H](N=[N+]=[N-])[C@H]1O. The lowest BCUT2D eigenvalue weighted by Gasteiger charge is -2.40. The van der Waals surface area contributed by atoms with Crippen LogP contribution in [0.5, 0.6) is 0 Å². The summed E-state index contributed by atoms with van der Waals surface area (Å²) in [6.45, 7) is 0.694. The molecule has 0 aromatic heterocycles. The van der Waals surface area contributed by atoms with Gasteiger partial charge in [0.15, 0.2) is 6.23 Å². The molecule has 0 aromatic rings. The predicted molar refractivity (Wildman–Crippen MR) is 54.5 cm³/mol. The average molecular weight is 246 g/mol. The zero-order valence-corrected chi connectivity index (χ0v) is 9.09. The van der Waals surface area contributed by atoms with E-state index in [4.69, 9.17) is 15.4 Å². The maximum atomic E-state index is 10.9. The molecule has 1 aliphatic heterocycles. The fourth-order valence-corrected chi connectivity index (χ4v) is 1.62. The van der Waals surface area contributed by atoms with E-state index in [9.17, 15) is 15.0 Å². The molecule has 1 saturated heterocycles. The highest BCUT2D eigenvalue weighted by atomic mass is 16.5. The summed E-state index contributed by atoms with van der Waals surface area (Å²) in [5, 5.41) is 33.9. The van der Waals surface area contributed by atoms with E-state index in [1.165, 1.54) is 6.92 Å². The summed E-state index contributed by atoms with van der Waals surface area (Å²) in [5.41, 5.74) is 8.33. The molecule has 1 fully saturated rings. The molecule has 1 rings (SSSR count). The molecule has 0 aliphatic carbocycles. The van der Waals surface area contributed by atoms with Crippen molar-refractivity contribution in [3.8, 4) is 0 Å². The Kier molecular flexibility index (Phi) is 4.67. The molecular weight excluding hydrogens is 232 g/mol. The van der Waals surface area contributed by atoms with Gasteiger partial charge in [-0.15, -0.1) is 0 Å². The Labute approximate surface area is 96.6 Å². The van der Waals surface area contributed by atoms with Crippen LogP contribution in [0.2, 0.25) is 0 Å². The zero-order chi connectivity index (χ0) is 13.0. The molecule has 0 bridgehead atoms. The minimum atomic E-state index is -1.38. The van der Waals surface area contributed by atoms with Gasteiger partial charge in [0.1, 0.15) is 12.2 Å². The maximum Gasteiger partial charge on any atom is 0.218 e. The average Bonchev–Trinajstić information content (AvgIpc) is 2.27. The summed E-state index contributed by atoms with van der Waals surface area (Å²) in [6, 6.07) is -1.19. The molecule has 9 nitrogen and oxygen atoms in total. The highest BCUT2D eigenvalue weighted by Gasteiger charge is 2.44. The van der Waals surface area contributed by atoms with Gasteiger partial charge in [-0.2, -0.15) is 0 Å². The quantitative estimate of drug-likeness (QED) is 0.264. The van der Waals surface area contributed by atoms with Crippen LogP contribution < -0.4 is 5.32 Å². The third kappa shape index (κ3) is 3.05. The number of carbonyl (C=O) groups excluding carboxylic acids is 1. The van der Waals surface area contributed by atoms with Crippen LogP contribution in [-0.2, 0) is 9.53 Å². The van der Waals surface area contributed by atoms with Crippen molar-refractivity contribution in [1.29, 1.82) is 0 Å². The van der Waals surface area contributed by atoms with Crippen molar-refractivity contribution >= 4 is 5.91 Å². The lowest BCUT2D eigenvalue weighted by Crippen LogP contribution is -2.62. The van der Waals surface area contributed by atoms with Gasteiger partial charge in [0, 0.05) is 11.8 Å². The van der Waals surface area contributed by atoms with Crippen molar-refractivity contribution in [2.45, 2.75) is 37.5 Å². The molecule has 0 spiro atoms. The van der Waals surface area contributed by atoms with E-state index >= 15 is 0 Å². The fourth-order valence-electron chi connectivity index (χ4n) is 1.62. The Morgan fingerprint density at radius 1 is 1.53 bits per heavy atom. The number of aliphatic hydroxyl groups excluding tert-OH is 3. The van der Waals surface area contributed by atoms with Crippen molar-refractivity contribution in [3.63, 3.8) is 0 Å². The Bertz CT molecular complexity index is 332. The van der Waals surface area contributed by atoms with E-state index in [1.54, 1.807) is 0 Å². The Hall–Kier alpha value is -1.38. The van der Waals surface area contributed by atoms with Crippen molar-refractivity contribution in [2.75, 3.05) is 6.61 Å². The number of amides is 1. The minimum absolute atomic E-state index is 0.457. The van der Waals surface area contributed by atoms with Gasteiger partial charge >= 0.3 is 0 Å². The number of azide groups is 1. The van der Waals surface area contributed by atoms with Crippen LogP contribution in [0.15, 0.2) is 5.11 Å². The fraction of sp³-hybridized carbons (Fsp3) is 0.875. The summed E-state index contributed by atoms with van der Waals surface area (Å²) in [7, 11) is 0. The van der Waals surface area contributed by atoms with Crippen LogP contribution in [0.1, 0.15) is 6.92 Å². The second-order valence-electron chi connectivity index (χ2n) is 3.65. The molecule has 9 heteroatoms. The monoisotopic (exact) mass is 246 g/mol. The highest BCUT2D eigenvalue weighted by Crippen LogP contribution is 2.22. The van der Waals surface area contributed by atoms with Gasteiger partial charge < -0.3 is 25.4 Å². The lowest BCUT2D eigenvalue weighted by molar-refractivity contribution is -0.198. The highest BCUT2D eigenvalue weighted by molar-refractivity contribution is 5.73. The molecule has 1 heterocycles. The smallest absolute Gasteiger partial charge is 0.218 e. The number of rotatable bonds is 3. The van der Waals surface area contributed by atoms with Gasteiger partial charge in [0.2, 0.25) is 5.91 Å². The number of aliphatic hydroxyl groups is 3. The summed E-state index contributed by atoms with van der Waals surface area (Å²) < 4.78 is 5.08. The van der Waals surface area contributed by atoms with Crippen LogP contribution in [-0.4, -0.2) is 58.4 Å². The van der Waals surface area contributed by atoms with E-state index in [2.05, 4.69) is 15.3 Å². The van der Waals surface area contributed by atoms with Crippen LogP contribution in [0.4, 0.5) is 0 Å². The van der Waals surface area contributed by atoms with Crippen LogP contribution in [0.25, 0.3) is 10.4 Å². The van der Waals surface area contributed by atoms with Gasteiger partial charge in [-0.05, 0) is 5.53 Å². The van der Waals surface area contributed by atoms with Crippen LogP contribution in [0.3, 0.4) is 0 Å². The third-order valence-corrected chi connectivity index (χ3v) is 2.42. The molecular formula is C8H14N4O5. The number of hydrogen-bond acceptors (Lipinski definition) is 6. The molecule has 17 heavy (non-hydrogen) atoms. The molecule has 0 aromatic carbocycles. The van der Waals surface area contributed by atoms with Crippen molar-refractivity contribution in [2.24, 2.45) is 5.11 Å². The second kappa shape index (κ2) is 5.80. The minimum Gasteiger partial charge on any atom is -0.394 e. The van der Waals surface area contributed by atoms with E-state index < -0.39 is 43.1 Å². The summed E-state index contributed by atoms with van der Waals surface area (Å²) in [6.07, 6.45) is -4.89. The summed E-state index contributed by atoms with van der Waals surface area (Å²) in [4.78, 5) is 13.4. The Balaban J connectivity index is 2.88. The second-order valence-corrected chi connectivity index (χ2v) is 3.65. The van der Waals surface area contributed by atoms with E-state index in [0.29, 0.717) is 0 Å². The number of ether oxygens (including phenoxy) is 1. The number of hydrogen-bond donors (Lipinski definition) is 4. The normalized spacial score (nSPS) is 37.1. The Morgan fingerprint density at radius 3 is 2.65 bits per heavy atom. The first-order chi connectivity index (χ1) is 8.01. The van der Waals surface area contributed by atoms with Crippen LogP contribution >= 0.6 is 0 Å². The first-order valence-electron chi connectivity index (χ1n) is 4.95. The van der Waals surface area contributed by atoms with Gasteiger partial charge in [-0.25, -0.2) is 0 Å². The molecule has 0 radical (unpaired) electrons. The topological polar surface area (TPSA) is 148 Å². The van der Waals surface area contributed by atoms with Crippen molar-refractivity contribution < 1.29 is 24.9 Å². The lowest BCUT2D eigenvalue weighted by atomic mass is 9.96. The predicted octanol–water partition coefficient (Wildman–Crippen LogP) is -1.76. The Morgan fingerprint density at radius 2 is 2.18 bits per heavy atom. The molecule has 0 unspecified atom stereocenters.